The molecule has 12 heteroatoms. The predicted molar refractivity (Wildman–Crippen MR) is 88.7 cm³/mol. The maximum atomic E-state index is 13.9. The second-order valence-corrected chi connectivity index (χ2v) is 6.17. The Morgan fingerprint density at radius 3 is 1.23 bits per heavy atom. The van der Waals surface area contributed by atoms with Crippen LogP contribution in [0.1, 0.15) is 58.5 Å². The average molecular weight is 426 g/mol. The van der Waals surface area contributed by atoms with Crippen LogP contribution in [0.4, 0.5) is 13.2 Å². The van der Waals surface area contributed by atoms with Crippen LogP contribution in [0.3, 0.4) is 0 Å². The fourth-order valence-electron chi connectivity index (χ4n) is 3.17. The molecular weight excluding hydrogens is 417 g/mol. The molecule has 9 nitrogen and oxygen atoms in total. The lowest BCUT2D eigenvalue weighted by Crippen LogP contribution is -2.27. The van der Waals surface area contributed by atoms with Gasteiger partial charge in [0, 0.05) is 11.1 Å². The van der Waals surface area contributed by atoms with Gasteiger partial charge in [-0.1, -0.05) is 0 Å². The van der Waals surface area contributed by atoms with Crippen molar-refractivity contribution < 1.29 is 57.5 Å². The largest absolute Gasteiger partial charge is 0.478 e. The van der Waals surface area contributed by atoms with E-state index >= 15 is 0 Å². The zero-order valence-corrected chi connectivity index (χ0v) is 14.4. The third-order valence-corrected chi connectivity index (χ3v) is 4.39. The Kier molecular flexibility index (Phi) is 4.65. The summed E-state index contributed by atoms with van der Waals surface area (Å²) in [6, 6.07) is 2.17. The third-order valence-electron chi connectivity index (χ3n) is 4.39. The molecule has 0 aromatic heterocycles. The number of carboxylic acid groups (broad SMARTS) is 4. The first-order valence-corrected chi connectivity index (χ1v) is 7.86. The first-order valence-electron chi connectivity index (χ1n) is 7.86. The summed E-state index contributed by atoms with van der Waals surface area (Å²) in [4.78, 5) is 45.3. The third kappa shape index (κ3) is 3.27. The monoisotopic (exact) mass is 426 g/mol. The molecule has 4 N–H and O–H groups in total. The Labute approximate surface area is 163 Å². The highest BCUT2D eigenvalue weighted by molar-refractivity contribution is 6.03. The summed E-state index contributed by atoms with van der Waals surface area (Å²) in [7, 11) is 0. The van der Waals surface area contributed by atoms with Gasteiger partial charge in [0.1, 0.15) is 17.4 Å². The van der Waals surface area contributed by atoms with Crippen LogP contribution >= 0.6 is 0 Å². The van der Waals surface area contributed by atoms with Crippen LogP contribution in [0.2, 0.25) is 0 Å². The fourth-order valence-corrected chi connectivity index (χ4v) is 3.17. The van der Waals surface area contributed by atoms with Crippen LogP contribution in [0.25, 0.3) is 0 Å². The van der Waals surface area contributed by atoms with E-state index in [-0.39, 0.29) is 0 Å². The number of aromatic carboxylic acids is 4. The summed E-state index contributed by atoms with van der Waals surface area (Å²) >= 11 is 0. The standard InChI is InChI=1S/C18H9F3O9/c19-18(20,21)13-9-1-5(14(22)23)7(16(26)27)3-11(9)30-12-4-8(17(28)29)6(15(24)25)2-10(12)13/h1-4,13H,(H,22,23)(H,24,25)(H,26,27)(H,28,29). The lowest BCUT2D eigenvalue weighted by Gasteiger charge is -2.31. The van der Waals surface area contributed by atoms with Gasteiger partial charge in [0.05, 0.1) is 22.3 Å². The van der Waals surface area contributed by atoms with Crippen molar-refractivity contribution in [2.75, 3.05) is 0 Å². The molecule has 156 valence electrons. The maximum Gasteiger partial charge on any atom is 0.399 e. The second-order valence-electron chi connectivity index (χ2n) is 6.17. The number of carbonyl (C=O) groups is 4. The highest BCUT2D eigenvalue weighted by atomic mass is 19.4. The number of carboxylic acids is 4. The molecule has 0 amide bonds. The summed E-state index contributed by atoms with van der Waals surface area (Å²) in [6.45, 7) is 0. The van der Waals surface area contributed by atoms with Gasteiger partial charge >= 0.3 is 30.1 Å². The molecule has 30 heavy (non-hydrogen) atoms. The van der Waals surface area contributed by atoms with Gasteiger partial charge in [-0.15, -0.1) is 0 Å². The van der Waals surface area contributed by atoms with Gasteiger partial charge in [0.15, 0.2) is 0 Å². The molecule has 0 aliphatic carbocycles. The Balaban J connectivity index is 2.38. The molecule has 0 atom stereocenters. The van der Waals surface area contributed by atoms with Gasteiger partial charge in [-0.3, -0.25) is 0 Å². The summed E-state index contributed by atoms with van der Waals surface area (Å²) in [5.74, 6) is -10.9. The molecule has 0 saturated carbocycles. The van der Waals surface area contributed by atoms with Crippen LogP contribution in [-0.2, 0) is 0 Å². The van der Waals surface area contributed by atoms with Crippen molar-refractivity contribution in [1.82, 2.24) is 0 Å². The second kappa shape index (κ2) is 6.76. The molecule has 1 aliphatic rings. The average Bonchev–Trinajstić information content (AvgIpc) is 2.62. The molecule has 3 rings (SSSR count). The summed E-state index contributed by atoms with van der Waals surface area (Å²) in [5, 5.41) is 36.7. The number of hydrogen-bond donors (Lipinski definition) is 4. The van der Waals surface area contributed by atoms with E-state index in [0.717, 1.165) is 0 Å². The smallest absolute Gasteiger partial charge is 0.399 e. The minimum absolute atomic E-state index is 0.494. The minimum atomic E-state index is -5.08. The minimum Gasteiger partial charge on any atom is -0.478 e. The van der Waals surface area contributed by atoms with E-state index in [9.17, 15) is 42.6 Å². The molecule has 0 bridgehead atoms. The summed E-state index contributed by atoms with van der Waals surface area (Å²) in [5.41, 5.74) is -5.04. The van der Waals surface area contributed by atoms with E-state index in [1.54, 1.807) is 0 Å². The van der Waals surface area contributed by atoms with Crippen LogP contribution in [0.5, 0.6) is 11.5 Å². The number of alkyl halides is 3. The van der Waals surface area contributed by atoms with Gasteiger partial charge in [0.2, 0.25) is 0 Å². The van der Waals surface area contributed by atoms with E-state index in [1.165, 1.54) is 0 Å². The Morgan fingerprint density at radius 2 is 0.967 bits per heavy atom. The van der Waals surface area contributed by atoms with Crippen LogP contribution in [0, 0.1) is 0 Å². The number of ether oxygens (including phenoxy) is 1. The fraction of sp³-hybridized carbons (Fsp3) is 0.111. The Bertz CT molecular complexity index is 1050. The van der Waals surface area contributed by atoms with Crippen molar-refractivity contribution in [3.05, 3.63) is 57.6 Å². The summed E-state index contributed by atoms with van der Waals surface area (Å²) in [6.07, 6.45) is -5.08. The first-order chi connectivity index (χ1) is 13.8. The van der Waals surface area contributed by atoms with Crippen molar-refractivity contribution in [3.63, 3.8) is 0 Å². The molecule has 0 unspecified atom stereocenters. The van der Waals surface area contributed by atoms with E-state index in [0.29, 0.717) is 24.3 Å². The van der Waals surface area contributed by atoms with Crippen LogP contribution in [0.15, 0.2) is 24.3 Å². The Morgan fingerprint density at radius 1 is 0.667 bits per heavy atom. The molecule has 0 radical (unpaired) electrons. The maximum absolute atomic E-state index is 13.9. The van der Waals surface area contributed by atoms with Crippen molar-refractivity contribution in [1.29, 1.82) is 0 Å². The first kappa shape index (κ1) is 20.6. The van der Waals surface area contributed by atoms with E-state index < -0.39 is 80.9 Å². The highest BCUT2D eigenvalue weighted by Gasteiger charge is 2.48. The van der Waals surface area contributed by atoms with E-state index in [1.807, 2.05) is 0 Å². The molecule has 1 aliphatic heterocycles. The van der Waals surface area contributed by atoms with Gasteiger partial charge in [-0.25, -0.2) is 19.2 Å². The summed E-state index contributed by atoms with van der Waals surface area (Å²) < 4.78 is 46.9. The van der Waals surface area contributed by atoms with Gasteiger partial charge in [-0.05, 0) is 24.3 Å². The van der Waals surface area contributed by atoms with Gasteiger partial charge in [0.25, 0.3) is 0 Å². The molecule has 0 saturated heterocycles. The number of benzene rings is 2. The van der Waals surface area contributed by atoms with Gasteiger partial charge < -0.3 is 25.2 Å². The number of rotatable bonds is 4. The van der Waals surface area contributed by atoms with Crippen LogP contribution in [-0.4, -0.2) is 50.5 Å². The number of halogens is 3. The lowest BCUT2D eigenvalue weighted by molar-refractivity contribution is -0.142. The zero-order valence-electron chi connectivity index (χ0n) is 14.4. The number of fused-ring (bicyclic) bond motifs is 2. The molecular formula is C18H9F3O9. The Hall–Kier alpha value is -4.09. The molecule has 2 aromatic carbocycles. The SMILES string of the molecule is O=C(O)c1cc2c(cc1C(=O)O)C(C(F)(F)F)c1cc(C(=O)O)c(C(=O)O)cc1O2. The molecule has 1 heterocycles. The van der Waals surface area contributed by atoms with Crippen molar-refractivity contribution in [2.24, 2.45) is 0 Å². The lowest BCUT2D eigenvalue weighted by atomic mass is 9.83. The molecule has 0 fully saturated rings. The van der Waals surface area contributed by atoms with Crippen molar-refractivity contribution in [3.8, 4) is 11.5 Å². The number of hydrogen-bond acceptors (Lipinski definition) is 5. The highest BCUT2D eigenvalue weighted by Crippen LogP contribution is 2.52. The zero-order chi connectivity index (χ0) is 22.5. The normalized spacial score (nSPS) is 13.0. The van der Waals surface area contributed by atoms with E-state index in [4.69, 9.17) is 14.9 Å². The van der Waals surface area contributed by atoms with Crippen LogP contribution < -0.4 is 4.74 Å². The van der Waals surface area contributed by atoms with Crippen molar-refractivity contribution in [2.45, 2.75) is 12.1 Å². The van der Waals surface area contributed by atoms with Gasteiger partial charge in [-0.2, -0.15) is 13.2 Å². The van der Waals surface area contributed by atoms with Crippen molar-refractivity contribution >= 4 is 23.9 Å². The predicted octanol–water partition coefficient (Wildman–Crippen LogP) is 3.28. The molecule has 0 spiro atoms. The molecule has 2 aromatic rings. The quantitative estimate of drug-likeness (QED) is 0.575. The topological polar surface area (TPSA) is 158 Å². The van der Waals surface area contributed by atoms with E-state index in [2.05, 4.69) is 0 Å².